The van der Waals surface area contributed by atoms with Crippen LogP contribution in [0, 0.1) is 29.2 Å². The third-order valence-electron chi connectivity index (χ3n) is 5.49. The summed E-state index contributed by atoms with van der Waals surface area (Å²) in [5.74, 6) is -2.89. The topological polar surface area (TPSA) is 32.3 Å². The molecule has 8 heteroatoms. The number of benzene rings is 2. The molecule has 2 fully saturated rings. The number of carbonyl (C=O) groups is 1. The SMILES string of the molecule is O=C1C(NC(c2cc(F)c(Br)cc2F)C2CC2)CCCN1c1ccc(F)cc1F. The number of hydrogen-bond acceptors (Lipinski definition) is 2. The fourth-order valence-electron chi connectivity index (χ4n) is 3.87. The van der Waals surface area contributed by atoms with Crippen LogP contribution in [0.15, 0.2) is 34.8 Å². The van der Waals surface area contributed by atoms with Crippen LogP contribution in [-0.2, 0) is 4.79 Å². The zero-order chi connectivity index (χ0) is 20.7. The molecule has 2 unspecified atom stereocenters. The van der Waals surface area contributed by atoms with Crippen LogP contribution < -0.4 is 10.2 Å². The predicted octanol–water partition coefficient (Wildman–Crippen LogP) is 5.24. The monoisotopic (exact) mass is 470 g/mol. The van der Waals surface area contributed by atoms with Crippen LogP contribution in [0.2, 0.25) is 0 Å². The van der Waals surface area contributed by atoms with E-state index in [4.69, 9.17) is 0 Å². The maximum Gasteiger partial charge on any atom is 0.244 e. The maximum atomic E-state index is 14.5. The number of piperidine rings is 1. The van der Waals surface area contributed by atoms with Gasteiger partial charge in [-0.3, -0.25) is 10.1 Å². The van der Waals surface area contributed by atoms with Crippen LogP contribution in [0.1, 0.15) is 37.3 Å². The molecule has 154 valence electrons. The second-order valence-electron chi connectivity index (χ2n) is 7.55. The van der Waals surface area contributed by atoms with Crippen LogP contribution >= 0.6 is 15.9 Å². The largest absolute Gasteiger partial charge is 0.308 e. The number of anilines is 1. The van der Waals surface area contributed by atoms with Crippen LogP contribution in [0.5, 0.6) is 0 Å². The van der Waals surface area contributed by atoms with Crippen molar-refractivity contribution in [1.29, 1.82) is 0 Å². The van der Waals surface area contributed by atoms with Gasteiger partial charge in [-0.15, -0.1) is 0 Å². The Morgan fingerprint density at radius 2 is 1.76 bits per heavy atom. The molecule has 1 amide bonds. The van der Waals surface area contributed by atoms with Gasteiger partial charge in [0.2, 0.25) is 5.91 Å². The van der Waals surface area contributed by atoms with Crippen molar-refractivity contribution in [2.24, 2.45) is 5.92 Å². The summed E-state index contributed by atoms with van der Waals surface area (Å²) in [5, 5.41) is 3.19. The van der Waals surface area contributed by atoms with Crippen molar-refractivity contribution in [2.45, 2.75) is 37.8 Å². The molecule has 0 bridgehead atoms. The normalized spacial score (nSPS) is 20.8. The molecular formula is C21H19BrF4N2O. The van der Waals surface area contributed by atoms with Gasteiger partial charge < -0.3 is 4.90 Å². The summed E-state index contributed by atoms with van der Waals surface area (Å²) in [4.78, 5) is 14.3. The van der Waals surface area contributed by atoms with Crippen LogP contribution in [0.3, 0.4) is 0 Å². The highest BCUT2D eigenvalue weighted by Gasteiger charge is 2.39. The minimum Gasteiger partial charge on any atom is -0.308 e. The molecule has 3 nitrogen and oxygen atoms in total. The highest BCUT2D eigenvalue weighted by molar-refractivity contribution is 9.10. The van der Waals surface area contributed by atoms with Gasteiger partial charge >= 0.3 is 0 Å². The molecule has 2 aliphatic rings. The number of rotatable bonds is 5. The van der Waals surface area contributed by atoms with Gasteiger partial charge in [0.25, 0.3) is 0 Å². The smallest absolute Gasteiger partial charge is 0.244 e. The van der Waals surface area contributed by atoms with Crippen molar-refractivity contribution in [3.63, 3.8) is 0 Å². The minimum absolute atomic E-state index is 0.0201. The van der Waals surface area contributed by atoms with Crippen LogP contribution in [0.4, 0.5) is 23.2 Å². The van der Waals surface area contributed by atoms with Gasteiger partial charge in [-0.25, -0.2) is 17.6 Å². The summed E-state index contributed by atoms with van der Waals surface area (Å²) in [6.45, 7) is 0.314. The summed E-state index contributed by atoms with van der Waals surface area (Å²) < 4.78 is 56.0. The first-order valence-electron chi connectivity index (χ1n) is 9.52. The first-order valence-corrected chi connectivity index (χ1v) is 10.3. The highest BCUT2D eigenvalue weighted by Crippen LogP contribution is 2.43. The minimum atomic E-state index is -0.807. The molecule has 2 aromatic rings. The molecule has 0 aromatic heterocycles. The molecule has 1 aliphatic heterocycles. The molecule has 2 aromatic carbocycles. The Morgan fingerprint density at radius 3 is 2.45 bits per heavy atom. The molecule has 1 saturated heterocycles. The van der Waals surface area contributed by atoms with Gasteiger partial charge in [-0.1, -0.05) is 0 Å². The number of hydrogen-bond donors (Lipinski definition) is 1. The van der Waals surface area contributed by atoms with E-state index in [0.717, 1.165) is 37.1 Å². The number of nitrogens with one attached hydrogen (secondary N) is 1. The van der Waals surface area contributed by atoms with E-state index in [-0.39, 0.29) is 27.5 Å². The fraction of sp³-hybridized carbons (Fsp3) is 0.381. The lowest BCUT2D eigenvalue weighted by atomic mass is 9.97. The third kappa shape index (κ3) is 4.19. The Balaban J connectivity index is 1.58. The van der Waals surface area contributed by atoms with Crippen molar-refractivity contribution >= 4 is 27.5 Å². The van der Waals surface area contributed by atoms with E-state index in [1.54, 1.807) is 0 Å². The molecule has 2 atom stereocenters. The first-order chi connectivity index (χ1) is 13.8. The van der Waals surface area contributed by atoms with Gasteiger partial charge in [0, 0.05) is 24.2 Å². The van der Waals surface area contributed by atoms with Gasteiger partial charge in [0.15, 0.2) is 0 Å². The zero-order valence-electron chi connectivity index (χ0n) is 15.4. The number of halogens is 5. The van der Waals surface area contributed by atoms with Gasteiger partial charge in [0.1, 0.15) is 23.3 Å². The van der Waals surface area contributed by atoms with Crippen molar-refractivity contribution in [3.8, 4) is 0 Å². The van der Waals surface area contributed by atoms with Crippen molar-refractivity contribution < 1.29 is 22.4 Å². The summed E-state index contributed by atoms with van der Waals surface area (Å²) in [6, 6.07) is 4.16. The quantitative estimate of drug-likeness (QED) is 0.478. The molecule has 1 saturated carbocycles. The molecular weight excluding hydrogens is 452 g/mol. The standard InChI is InChI=1S/C21H19BrF4N2O/c22-14-10-15(24)13(9-16(14)25)20(11-3-4-11)27-18-2-1-7-28(21(18)29)19-6-5-12(23)8-17(19)26/h5-6,8-11,18,20,27H,1-4,7H2. The lowest BCUT2D eigenvalue weighted by molar-refractivity contribution is -0.122. The Kier molecular flexibility index (Phi) is 5.66. The van der Waals surface area contributed by atoms with E-state index < -0.39 is 35.4 Å². The van der Waals surface area contributed by atoms with E-state index in [2.05, 4.69) is 21.2 Å². The van der Waals surface area contributed by atoms with E-state index in [1.807, 2.05) is 0 Å². The first kappa shape index (κ1) is 20.3. The van der Waals surface area contributed by atoms with Crippen molar-refractivity contribution in [1.82, 2.24) is 5.32 Å². The number of nitrogens with zero attached hydrogens (tertiary/aromatic N) is 1. The lowest BCUT2D eigenvalue weighted by Crippen LogP contribution is -2.52. The summed E-state index contributed by atoms with van der Waals surface area (Å²) in [5.41, 5.74) is 0.206. The van der Waals surface area contributed by atoms with E-state index in [1.165, 1.54) is 11.0 Å². The second-order valence-corrected chi connectivity index (χ2v) is 8.40. The predicted molar refractivity (Wildman–Crippen MR) is 104 cm³/mol. The maximum absolute atomic E-state index is 14.5. The fourth-order valence-corrected chi connectivity index (χ4v) is 4.19. The number of amides is 1. The van der Waals surface area contributed by atoms with Crippen molar-refractivity contribution in [2.75, 3.05) is 11.4 Å². The lowest BCUT2D eigenvalue weighted by Gasteiger charge is -2.35. The molecule has 4 rings (SSSR count). The van der Waals surface area contributed by atoms with Gasteiger partial charge in [-0.2, -0.15) is 0 Å². The van der Waals surface area contributed by atoms with Crippen LogP contribution in [0.25, 0.3) is 0 Å². The summed E-state index contributed by atoms with van der Waals surface area (Å²) >= 11 is 2.98. The van der Waals surface area contributed by atoms with Gasteiger partial charge in [0.05, 0.1) is 16.2 Å². The Bertz CT molecular complexity index is 951. The molecule has 0 spiro atoms. The Labute approximate surface area is 174 Å². The summed E-state index contributed by atoms with van der Waals surface area (Å²) in [6.07, 6.45) is 2.81. The Hall–Kier alpha value is -1.93. The number of carbonyl (C=O) groups excluding carboxylic acids is 1. The molecule has 0 radical (unpaired) electrons. The van der Waals surface area contributed by atoms with E-state index >= 15 is 0 Å². The Morgan fingerprint density at radius 1 is 1.00 bits per heavy atom. The highest BCUT2D eigenvalue weighted by atomic mass is 79.9. The summed E-state index contributed by atoms with van der Waals surface area (Å²) in [7, 11) is 0. The van der Waals surface area contributed by atoms with E-state index in [9.17, 15) is 22.4 Å². The van der Waals surface area contributed by atoms with E-state index in [0.29, 0.717) is 19.4 Å². The van der Waals surface area contributed by atoms with Crippen molar-refractivity contribution in [3.05, 3.63) is 63.6 Å². The second kappa shape index (κ2) is 8.07. The zero-order valence-corrected chi connectivity index (χ0v) is 17.0. The van der Waals surface area contributed by atoms with Crippen LogP contribution in [-0.4, -0.2) is 18.5 Å². The average molecular weight is 471 g/mol. The molecule has 1 aliphatic carbocycles. The van der Waals surface area contributed by atoms with Gasteiger partial charge in [-0.05, 0) is 71.8 Å². The molecule has 1 heterocycles. The molecule has 1 N–H and O–H groups in total. The average Bonchev–Trinajstić information content (AvgIpc) is 3.50. The third-order valence-corrected chi connectivity index (χ3v) is 6.10. The molecule has 29 heavy (non-hydrogen) atoms.